The van der Waals surface area contributed by atoms with E-state index in [0.29, 0.717) is 17.9 Å². The van der Waals surface area contributed by atoms with Gasteiger partial charge in [0.05, 0.1) is 5.41 Å². The summed E-state index contributed by atoms with van der Waals surface area (Å²) in [6.45, 7) is 10.7. The van der Waals surface area contributed by atoms with Crippen molar-refractivity contribution in [1.82, 2.24) is 15.1 Å². The van der Waals surface area contributed by atoms with Crippen LogP contribution in [0.25, 0.3) is 0 Å². The number of nitrogens with one attached hydrogen (secondary N) is 1. The average Bonchev–Trinajstić information content (AvgIpc) is 3.18. The van der Waals surface area contributed by atoms with Crippen molar-refractivity contribution in [3.8, 4) is 0 Å². The minimum Gasteiger partial charge on any atom is -0.341 e. The number of nitrogens with zero attached hydrogens (tertiary/aromatic N) is 2. The highest BCUT2D eigenvalue weighted by Gasteiger charge is 2.47. The molecule has 21 heavy (non-hydrogen) atoms. The van der Waals surface area contributed by atoms with E-state index in [0.717, 1.165) is 32.6 Å². The molecule has 3 heterocycles. The molecule has 0 aromatic heterocycles. The maximum Gasteiger partial charge on any atom is 0.230 e. The molecule has 3 saturated heterocycles. The summed E-state index contributed by atoms with van der Waals surface area (Å²) in [5.41, 5.74) is -0.142. The molecule has 120 valence electrons. The number of hydrogen-bond acceptors (Lipinski definition) is 3. The highest BCUT2D eigenvalue weighted by molar-refractivity contribution is 5.84. The molecular formula is C17H31N3O. The largest absolute Gasteiger partial charge is 0.341 e. The Morgan fingerprint density at radius 2 is 1.95 bits per heavy atom. The van der Waals surface area contributed by atoms with Gasteiger partial charge >= 0.3 is 0 Å². The summed E-state index contributed by atoms with van der Waals surface area (Å²) in [5, 5.41) is 3.42. The molecule has 3 aliphatic heterocycles. The summed E-state index contributed by atoms with van der Waals surface area (Å²) >= 11 is 0. The molecule has 0 aromatic rings. The lowest BCUT2D eigenvalue weighted by Crippen LogP contribution is -2.49. The van der Waals surface area contributed by atoms with Gasteiger partial charge < -0.3 is 10.2 Å². The number of carbonyl (C=O) groups excluding carboxylic acids is 1. The molecule has 0 spiro atoms. The normalized spacial score (nSPS) is 34.8. The molecule has 3 aliphatic rings. The van der Waals surface area contributed by atoms with Crippen LogP contribution in [0.15, 0.2) is 0 Å². The summed E-state index contributed by atoms with van der Waals surface area (Å²) in [5.74, 6) is 0.844. The Hall–Kier alpha value is -0.610. The van der Waals surface area contributed by atoms with Crippen LogP contribution in [0.4, 0.5) is 0 Å². The van der Waals surface area contributed by atoms with Crippen molar-refractivity contribution in [2.75, 3.05) is 39.3 Å². The summed E-state index contributed by atoms with van der Waals surface area (Å²) < 4.78 is 0. The van der Waals surface area contributed by atoms with Crippen molar-refractivity contribution in [2.45, 2.75) is 52.0 Å². The molecule has 0 bridgehead atoms. The van der Waals surface area contributed by atoms with E-state index in [1.165, 1.54) is 38.8 Å². The third-order valence-electron chi connectivity index (χ3n) is 6.08. The molecule has 0 saturated carbocycles. The zero-order chi connectivity index (χ0) is 14.9. The highest BCUT2D eigenvalue weighted by atomic mass is 16.2. The van der Waals surface area contributed by atoms with Crippen LogP contribution < -0.4 is 5.32 Å². The fraction of sp³-hybridized carbons (Fsp3) is 0.941. The standard InChI is InChI=1S/C17H31N3O/c1-14(2)17(7-8-18-13-17)16(21)20-11-6-15(12-20)19-9-4-3-5-10-19/h14-15,18H,3-13H2,1-2H3. The van der Waals surface area contributed by atoms with E-state index in [-0.39, 0.29) is 5.41 Å². The van der Waals surface area contributed by atoms with Crippen LogP contribution in [0.3, 0.4) is 0 Å². The first-order chi connectivity index (χ1) is 10.1. The molecule has 2 unspecified atom stereocenters. The Morgan fingerprint density at radius 1 is 1.19 bits per heavy atom. The molecule has 0 aliphatic carbocycles. The zero-order valence-corrected chi connectivity index (χ0v) is 13.7. The predicted molar refractivity (Wildman–Crippen MR) is 85.2 cm³/mol. The van der Waals surface area contributed by atoms with E-state index < -0.39 is 0 Å². The van der Waals surface area contributed by atoms with Gasteiger partial charge in [0.25, 0.3) is 0 Å². The SMILES string of the molecule is CC(C)C1(C(=O)N2CCC(N3CCCCC3)C2)CCNC1. The molecule has 3 fully saturated rings. The molecule has 4 nitrogen and oxygen atoms in total. The first-order valence-electron chi connectivity index (χ1n) is 8.87. The maximum absolute atomic E-state index is 13.1. The second kappa shape index (κ2) is 6.25. The fourth-order valence-electron chi connectivity index (χ4n) is 4.46. The Labute approximate surface area is 129 Å². The summed E-state index contributed by atoms with van der Waals surface area (Å²) in [6, 6.07) is 0.618. The fourth-order valence-corrected chi connectivity index (χ4v) is 4.46. The average molecular weight is 293 g/mol. The van der Waals surface area contributed by atoms with Gasteiger partial charge in [0.2, 0.25) is 5.91 Å². The van der Waals surface area contributed by atoms with Crippen LogP contribution in [-0.2, 0) is 4.79 Å². The van der Waals surface area contributed by atoms with Crippen molar-refractivity contribution < 1.29 is 4.79 Å². The smallest absolute Gasteiger partial charge is 0.230 e. The van der Waals surface area contributed by atoms with E-state index in [4.69, 9.17) is 0 Å². The Kier molecular flexibility index (Phi) is 4.55. The summed E-state index contributed by atoms with van der Waals surface area (Å²) in [4.78, 5) is 17.9. The van der Waals surface area contributed by atoms with Crippen molar-refractivity contribution in [1.29, 1.82) is 0 Å². The Balaban J connectivity index is 1.63. The van der Waals surface area contributed by atoms with Crippen LogP contribution in [0.5, 0.6) is 0 Å². The van der Waals surface area contributed by atoms with Crippen LogP contribution >= 0.6 is 0 Å². The van der Waals surface area contributed by atoms with Crippen LogP contribution in [0.2, 0.25) is 0 Å². The lowest BCUT2D eigenvalue weighted by Gasteiger charge is -2.36. The number of hydrogen-bond donors (Lipinski definition) is 1. The lowest BCUT2D eigenvalue weighted by molar-refractivity contribution is -0.142. The van der Waals surface area contributed by atoms with Gasteiger partial charge in [0.1, 0.15) is 0 Å². The maximum atomic E-state index is 13.1. The first-order valence-corrected chi connectivity index (χ1v) is 8.87. The minimum atomic E-state index is -0.142. The van der Waals surface area contributed by atoms with Crippen LogP contribution in [-0.4, -0.2) is 61.0 Å². The molecule has 1 amide bonds. The van der Waals surface area contributed by atoms with Crippen molar-refractivity contribution in [2.24, 2.45) is 11.3 Å². The van der Waals surface area contributed by atoms with Crippen molar-refractivity contribution >= 4 is 5.91 Å². The first kappa shape index (κ1) is 15.3. The quantitative estimate of drug-likeness (QED) is 0.860. The number of rotatable bonds is 3. The molecular weight excluding hydrogens is 262 g/mol. The van der Waals surface area contributed by atoms with Gasteiger partial charge in [-0.15, -0.1) is 0 Å². The molecule has 3 rings (SSSR count). The second-order valence-electron chi connectivity index (χ2n) is 7.53. The highest BCUT2D eigenvalue weighted by Crippen LogP contribution is 2.37. The molecule has 1 N–H and O–H groups in total. The van der Waals surface area contributed by atoms with Crippen LogP contribution in [0, 0.1) is 11.3 Å². The van der Waals surface area contributed by atoms with Gasteiger partial charge in [-0.3, -0.25) is 9.69 Å². The minimum absolute atomic E-state index is 0.142. The summed E-state index contributed by atoms with van der Waals surface area (Å²) in [7, 11) is 0. The lowest BCUT2D eigenvalue weighted by atomic mass is 9.75. The zero-order valence-electron chi connectivity index (χ0n) is 13.7. The molecule has 2 atom stereocenters. The number of likely N-dealkylation sites (tertiary alicyclic amines) is 2. The molecule has 0 radical (unpaired) electrons. The number of amides is 1. The van der Waals surface area contributed by atoms with Gasteiger partial charge in [-0.25, -0.2) is 0 Å². The van der Waals surface area contributed by atoms with E-state index in [2.05, 4.69) is 29.0 Å². The van der Waals surface area contributed by atoms with E-state index >= 15 is 0 Å². The van der Waals surface area contributed by atoms with Gasteiger partial charge in [0, 0.05) is 25.7 Å². The molecule has 0 aromatic carbocycles. The van der Waals surface area contributed by atoms with Gasteiger partial charge in [-0.05, 0) is 51.2 Å². The summed E-state index contributed by atoms with van der Waals surface area (Å²) in [6.07, 6.45) is 6.24. The van der Waals surface area contributed by atoms with Crippen LogP contribution in [0.1, 0.15) is 46.0 Å². The molecule has 4 heteroatoms. The van der Waals surface area contributed by atoms with E-state index in [1.54, 1.807) is 0 Å². The third-order valence-corrected chi connectivity index (χ3v) is 6.08. The topological polar surface area (TPSA) is 35.6 Å². The third kappa shape index (κ3) is 2.85. The van der Waals surface area contributed by atoms with Crippen molar-refractivity contribution in [3.63, 3.8) is 0 Å². The van der Waals surface area contributed by atoms with Gasteiger partial charge in [-0.1, -0.05) is 20.3 Å². The number of piperidine rings is 1. The number of carbonyl (C=O) groups is 1. The Morgan fingerprint density at radius 3 is 2.57 bits per heavy atom. The van der Waals surface area contributed by atoms with E-state index in [9.17, 15) is 4.79 Å². The second-order valence-corrected chi connectivity index (χ2v) is 7.53. The van der Waals surface area contributed by atoms with Gasteiger partial charge in [0.15, 0.2) is 0 Å². The predicted octanol–water partition coefficient (Wildman–Crippen LogP) is 1.71. The van der Waals surface area contributed by atoms with Gasteiger partial charge in [-0.2, -0.15) is 0 Å². The Bertz CT molecular complexity index is 370. The monoisotopic (exact) mass is 293 g/mol. The van der Waals surface area contributed by atoms with Crippen molar-refractivity contribution in [3.05, 3.63) is 0 Å². The van der Waals surface area contributed by atoms with E-state index in [1.807, 2.05) is 0 Å².